The van der Waals surface area contributed by atoms with Crippen molar-refractivity contribution in [2.75, 3.05) is 14.2 Å². The van der Waals surface area contributed by atoms with Gasteiger partial charge < -0.3 is 18.3 Å². The molecule has 0 aliphatic carbocycles. The number of fused-ring (bicyclic) bond motifs is 5. The summed E-state index contributed by atoms with van der Waals surface area (Å²) in [6.07, 6.45) is 0. The van der Waals surface area contributed by atoms with Crippen molar-refractivity contribution in [2.45, 2.75) is 0 Å². The van der Waals surface area contributed by atoms with Gasteiger partial charge in [0.05, 0.1) is 25.2 Å². The maximum atomic E-state index is 12.3. The Labute approximate surface area is 145 Å². The minimum absolute atomic E-state index is 0.151. The SMILES string of the molecule is COC(=O)c1ccc(C(=O)OC)c2c1oc1ccc3ccc(=O)oc3c12. The van der Waals surface area contributed by atoms with Crippen molar-refractivity contribution in [3.05, 3.63) is 57.9 Å². The lowest BCUT2D eigenvalue weighted by atomic mass is 10.0. The molecule has 7 heteroatoms. The molecule has 7 nitrogen and oxygen atoms in total. The lowest BCUT2D eigenvalue weighted by Gasteiger charge is -2.05. The largest absolute Gasteiger partial charge is 0.465 e. The summed E-state index contributed by atoms with van der Waals surface area (Å²) in [5, 5.41) is 1.40. The van der Waals surface area contributed by atoms with Crippen LogP contribution >= 0.6 is 0 Å². The second-order valence-electron chi connectivity index (χ2n) is 5.56. The van der Waals surface area contributed by atoms with Gasteiger partial charge in [0.2, 0.25) is 0 Å². The van der Waals surface area contributed by atoms with Crippen LogP contribution in [0.5, 0.6) is 0 Å². The molecule has 2 aromatic heterocycles. The summed E-state index contributed by atoms with van der Waals surface area (Å²) < 4.78 is 20.8. The van der Waals surface area contributed by atoms with E-state index in [-0.39, 0.29) is 22.3 Å². The van der Waals surface area contributed by atoms with Gasteiger partial charge in [0.15, 0.2) is 5.58 Å². The molecule has 0 atom stereocenters. The van der Waals surface area contributed by atoms with Crippen molar-refractivity contribution in [2.24, 2.45) is 0 Å². The highest BCUT2D eigenvalue weighted by Crippen LogP contribution is 2.38. The van der Waals surface area contributed by atoms with Crippen LogP contribution in [0.1, 0.15) is 20.7 Å². The Balaban J connectivity index is 2.28. The van der Waals surface area contributed by atoms with Crippen molar-refractivity contribution in [3.63, 3.8) is 0 Å². The number of carbonyl (C=O) groups excluding carboxylic acids is 2. The average molecular weight is 352 g/mol. The van der Waals surface area contributed by atoms with Crippen LogP contribution in [0.3, 0.4) is 0 Å². The van der Waals surface area contributed by atoms with Crippen molar-refractivity contribution < 1.29 is 27.9 Å². The van der Waals surface area contributed by atoms with Crippen LogP contribution in [0, 0.1) is 0 Å². The third-order valence-corrected chi connectivity index (χ3v) is 4.18. The van der Waals surface area contributed by atoms with Gasteiger partial charge in [0.1, 0.15) is 16.7 Å². The molecule has 0 N–H and O–H groups in total. The molecule has 0 fully saturated rings. The van der Waals surface area contributed by atoms with Gasteiger partial charge in [-0.05, 0) is 30.3 Å². The van der Waals surface area contributed by atoms with E-state index in [2.05, 4.69) is 0 Å². The highest BCUT2D eigenvalue weighted by Gasteiger charge is 2.24. The number of methoxy groups -OCH3 is 2. The number of ether oxygens (including phenoxy) is 2. The fourth-order valence-electron chi connectivity index (χ4n) is 3.03. The number of carbonyl (C=O) groups is 2. The summed E-state index contributed by atoms with van der Waals surface area (Å²) in [6, 6.07) is 9.20. The van der Waals surface area contributed by atoms with E-state index in [9.17, 15) is 14.4 Å². The second-order valence-corrected chi connectivity index (χ2v) is 5.56. The smallest absolute Gasteiger partial charge is 0.341 e. The molecule has 0 spiro atoms. The zero-order chi connectivity index (χ0) is 18.4. The van der Waals surface area contributed by atoms with Gasteiger partial charge in [-0.3, -0.25) is 0 Å². The van der Waals surface area contributed by atoms with Gasteiger partial charge in [-0.2, -0.15) is 0 Å². The highest BCUT2D eigenvalue weighted by atomic mass is 16.5. The van der Waals surface area contributed by atoms with Crippen LogP contribution in [0.2, 0.25) is 0 Å². The molecule has 0 saturated heterocycles. The molecule has 0 saturated carbocycles. The van der Waals surface area contributed by atoms with Crippen LogP contribution in [-0.4, -0.2) is 26.2 Å². The number of rotatable bonds is 2. The van der Waals surface area contributed by atoms with Crippen molar-refractivity contribution >= 4 is 44.8 Å². The fraction of sp³-hybridized carbons (Fsp3) is 0.105. The molecule has 4 rings (SSSR count). The van der Waals surface area contributed by atoms with E-state index in [0.717, 1.165) is 0 Å². The monoisotopic (exact) mass is 352 g/mol. The number of esters is 2. The van der Waals surface area contributed by atoms with Crippen LogP contribution < -0.4 is 5.63 Å². The first-order chi connectivity index (χ1) is 12.5. The first-order valence-electron chi connectivity index (χ1n) is 7.64. The topological polar surface area (TPSA) is 96.0 Å². The molecular formula is C19H12O7. The summed E-state index contributed by atoms with van der Waals surface area (Å²) in [4.78, 5) is 36.1. The summed E-state index contributed by atoms with van der Waals surface area (Å²) in [6.45, 7) is 0. The summed E-state index contributed by atoms with van der Waals surface area (Å²) in [5.41, 5.74) is 0.590. The first kappa shape index (κ1) is 15.9. The van der Waals surface area contributed by atoms with Gasteiger partial charge in [-0.1, -0.05) is 0 Å². The lowest BCUT2D eigenvalue weighted by Crippen LogP contribution is -2.06. The molecule has 0 aliphatic rings. The van der Waals surface area contributed by atoms with Crippen LogP contribution in [0.25, 0.3) is 32.9 Å². The van der Waals surface area contributed by atoms with Gasteiger partial charge >= 0.3 is 17.6 Å². The van der Waals surface area contributed by atoms with Gasteiger partial charge in [0.25, 0.3) is 0 Å². The number of hydrogen-bond donors (Lipinski definition) is 0. The third kappa shape index (κ3) is 2.17. The van der Waals surface area contributed by atoms with E-state index >= 15 is 0 Å². The summed E-state index contributed by atoms with van der Waals surface area (Å²) >= 11 is 0. The molecule has 2 heterocycles. The van der Waals surface area contributed by atoms with Gasteiger partial charge in [-0.15, -0.1) is 0 Å². The summed E-state index contributed by atoms with van der Waals surface area (Å²) in [5.74, 6) is -1.22. The Bertz CT molecular complexity index is 1260. The maximum absolute atomic E-state index is 12.3. The van der Waals surface area contributed by atoms with Crippen LogP contribution in [0.4, 0.5) is 0 Å². The molecule has 26 heavy (non-hydrogen) atoms. The third-order valence-electron chi connectivity index (χ3n) is 4.18. The Morgan fingerprint density at radius 1 is 0.769 bits per heavy atom. The maximum Gasteiger partial charge on any atom is 0.341 e. The Hall–Kier alpha value is -3.61. The second kappa shape index (κ2) is 5.73. The normalized spacial score (nSPS) is 11.2. The van der Waals surface area contributed by atoms with E-state index in [0.29, 0.717) is 21.7 Å². The molecular weight excluding hydrogens is 340 g/mol. The average Bonchev–Trinajstić information content (AvgIpc) is 3.06. The first-order valence-corrected chi connectivity index (χ1v) is 7.64. The zero-order valence-corrected chi connectivity index (χ0v) is 13.8. The molecule has 130 valence electrons. The van der Waals surface area contributed by atoms with Gasteiger partial charge in [0, 0.05) is 16.8 Å². The highest BCUT2D eigenvalue weighted by molar-refractivity contribution is 6.24. The van der Waals surface area contributed by atoms with Crippen LogP contribution in [0.15, 0.2) is 50.0 Å². The van der Waals surface area contributed by atoms with Crippen LogP contribution in [-0.2, 0) is 9.47 Å². The van der Waals surface area contributed by atoms with E-state index in [1.54, 1.807) is 18.2 Å². The number of furan rings is 1. The quantitative estimate of drug-likeness (QED) is 0.403. The van der Waals surface area contributed by atoms with E-state index in [4.69, 9.17) is 18.3 Å². The van der Waals surface area contributed by atoms with E-state index in [1.165, 1.54) is 32.4 Å². The molecule has 0 radical (unpaired) electrons. The van der Waals surface area contributed by atoms with Gasteiger partial charge in [-0.25, -0.2) is 14.4 Å². The molecule has 0 aliphatic heterocycles. The predicted molar refractivity (Wildman–Crippen MR) is 92.4 cm³/mol. The predicted octanol–water partition coefficient (Wildman–Crippen LogP) is 3.27. The molecule has 0 amide bonds. The van der Waals surface area contributed by atoms with Crippen molar-refractivity contribution in [1.29, 1.82) is 0 Å². The minimum Gasteiger partial charge on any atom is -0.465 e. The standard InChI is InChI=1S/C19H12O7/c1-23-18(21)10-5-6-11(19(22)24-2)17-14(10)15-12(25-17)7-3-9-4-8-13(20)26-16(9)15/h3-8H,1-2H3. The lowest BCUT2D eigenvalue weighted by molar-refractivity contribution is 0.0589. The minimum atomic E-state index is -0.615. The Kier molecular flexibility index (Phi) is 3.50. The Morgan fingerprint density at radius 2 is 1.42 bits per heavy atom. The van der Waals surface area contributed by atoms with Crippen molar-refractivity contribution in [1.82, 2.24) is 0 Å². The Morgan fingerprint density at radius 3 is 2.15 bits per heavy atom. The van der Waals surface area contributed by atoms with E-state index in [1.807, 2.05) is 0 Å². The van der Waals surface area contributed by atoms with Crippen molar-refractivity contribution in [3.8, 4) is 0 Å². The summed E-state index contributed by atoms with van der Waals surface area (Å²) in [7, 11) is 2.50. The molecule has 0 unspecified atom stereocenters. The molecule has 2 aromatic carbocycles. The van der Waals surface area contributed by atoms with E-state index < -0.39 is 17.6 Å². The fourth-order valence-corrected chi connectivity index (χ4v) is 3.03. The number of hydrogen-bond acceptors (Lipinski definition) is 7. The molecule has 4 aromatic rings. The molecule has 0 bridgehead atoms. The zero-order valence-electron chi connectivity index (χ0n) is 13.8. The number of benzene rings is 2.